The molecule has 0 radical (unpaired) electrons. The molecule has 2 aromatic rings. The fraction of sp³-hybridized carbons (Fsp3) is 0.389. The molecule has 1 aliphatic heterocycles. The number of para-hydroxylation sites is 1. The topological polar surface area (TPSA) is 86.0 Å². The maximum atomic E-state index is 12.2. The summed E-state index contributed by atoms with van der Waals surface area (Å²) in [5.74, 6) is -1.37. The zero-order valence-corrected chi connectivity index (χ0v) is 14.1. The number of amides is 1. The molecule has 1 fully saturated rings. The number of esters is 1. The Balaban J connectivity index is 1.66. The van der Waals surface area contributed by atoms with Gasteiger partial charge in [-0.1, -0.05) is 12.1 Å². The van der Waals surface area contributed by atoms with Gasteiger partial charge in [-0.3, -0.25) is 9.59 Å². The second-order valence-corrected chi connectivity index (χ2v) is 6.10. The number of fused-ring (bicyclic) bond motifs is 1. The second-order valence-electron chi connectivity index (χ2n) is 6.10. The zero-order chi connectivity index (χ0) is 18.0. The van der Waals surface area contributed by atoms with Gasteiger partial charge in [0.25, 0.3) is 5.91 Å². The van der Waals surface area contributed by atoms with Crippen molar-refractivity contribution in [3.8, 4) is 0 Å². The first kappa shape index (κ1) is 17.2. The van der Waals surface area contributed by atoms with Crippen molar-refractivity contribution in [1.29, 1.82) is 0 Å². The zero-order valence-electron chi connectivity index (χ0n) is 14.1. The summed E-state index contributed by atoms with van der Waals surface area (Å²) in [7, 11) is 0. The van der Waals surface area contributed by atoms with Crippen molar-refractivity contribution in [2.24, 2.45) is 0 Å². The van der Waals surface area contributed by atoms with E-state index in [0.29, 0.717) is 24.1 Å². The molecular weight excluding hydrogens is 326 g/mol. The van der Waals surface area contributed by atoms with E-state index >= 15 is 0 Å². The van der Waals surface area contributed by atoms with Crippen LogP contribution < -0.4 is 5.43 Å². The summed E-state index contributed by atoms with van der Waals surface area (Å²) >= 11 is 0. The third kappa shape index (κ3) is 3.88. The lowest BCUT2D eigenvalue weighted by Crippen LogP contribution is -2.49. The van der Waals surface area contributed by atoms with Crippen molar-refractivity contribution in [3.05, 3.63) is 46.3 Å². The minimum Gasteiger partial charge on any atom is -0.450 e. The smallest absolute Gasteiger partial charge is 0.374 e. The van der Waals surface area contributed by atoms with Crippen LogP contribution >= 0.6 is 0 Å². The third-order valence-electron chi connectivity index (χ3n) is 3.93. The van der Waals surface area contributed by atoms with E-state index in [9.17, 15) is 14.4 Å². The van der Waals surface area contributed by atoms with E-state index in [0.717, 1.165) is 6.07 Å². The summed E-state index contributed by atoms with van der Waals surface area (Å²) in [5.41, 5.74) is -0.0416. The van der Waals surface area contributed by atoms with Crippen LogP contribution in [0, 0.1) is 0 Å². The number of hydrogen-bond donors (Lipinski definition) is 0. The first-order chi connectivity index (χ1) is 11.9. The molecule has 25 heavy (non-hydrogen) atoms. The van der Waals surface area contributed by atoms with E-state index in [-0.39, 0.29) is 29.3 Å². The van der Waals surface area contributed by atoms with Crippen LogP contribution in [0.2, 0.25) is 0 Å². The number of morpholine rings is 1. The maximum Gasteiger partial charge on any atom is 0.374 e. The van der Waals surface area contributed by atoms with E-state index in [1.807, 2.05) is 13.8 Å². The van der Waals surface area contributed by atoms with Crippen LogP contribution in [-0.2, 0) is 14.3 Å². The van der Waals surface area contributed by atoms with Crippen LogP contribution in [0.5, 0.6) is 0 Å². The summed E-state index contributed by atoms with van der Waals surface area (Å²) < 4.78 is 16.0. The van der Waals surface area contributed by atoms with Crippen molar-refractivity contribution >= 4 is 22.8 Å². The van der Waals surface area contributed by atoms with Gasteiger partial charge in [-0.2, -0.15) is 0 Å². The Kier molecular flexibility index (Phi) is 4.85. The lowest BCUT2D eigenvalue weighted by atomic mass is 10.2. The second kappa shape index (κ2) is 7.06. The largest absolute Gasteiger partial charge is 0.450 e. The normalized spacial score (nSPS) is 20.5. The molecule has 0 bridgehead atoms. The Morgan fingerprint density at radius 1 is 1.20 bits per heavy atom. The fourth-order valence-corrected chi connectivity index (χ4v) is 2.88. The number of ether oxygens (including phenoxy) is 2. The molecule has 7 nitrogen and oxygen atoms in total. The first-order valence-electron chi connectivity index (χ1n) is 8.07. The Morgan fingerprint density at radius 3 is 2.60 bits per heavy atom. The van der Waals surface area contributed by atoms with Gasteiger partial charge in [0.1, 0.15) is 5.58 Å². The van der Waals surface area contributed by atoms with Gasteiger partial charge in [0.05, 0.1) is 17.6 Å². The molecule has 132 valence electrons. The third-order valence-corrected chi connectivity index (χ3v) is 3.93. The molecular formula is C18H19NO6. The molecule has 2 heterocycles. The quantitative estimate of drug-likeness (QED) is 0.785. The Bertz CT molecular complexity index is 848. The molecule has 1 aliphatic rings. The minimum absolute atomic E-state index is 0.0677. The molecule has 1 saturated heterocycles. The molecule has 0 saturated carbocycles. The molecule has 0 spiro atoms. The van der Waals surface area contributed by atoms with Gasteiger partial charge in [-0.05, 0) is 26.0 Å². The first-order valence-corrected chi connectivity index (χ1v) is 8.07. The highest BCUT2D eigenvalue weighted by molar-refractivity contribution is 5.90. The highest BCUT2D eigenvalue weighted by atomic mass is 16.5. The summed E-state index contributed by atoms with van der Waals surface area (Å²) in [6.45, 7) is 4.25. The predicted octanol–water partition coefficient (Wildman–Crippen LogP) is 1.59. The fourth-order valence-electron chi connectivity index (χ4n) is 2.88. The lowest BCUT2D eigenvalue weighted by Gasteiger charge is -2.35. The molecule has 1 aromatic heterocycles. The Morgan fingerprint density at radius 2 is 1.88 bits per heavy atom. The molecule has 3 rings (SSSR count). The number of rotatable bonds is 3. The van der Waals surface area contributed by atoms with Crippen LogP contribution in [0.3, 0.4) is 0 Å². The van der Waals surface area contributed by atoms with E-state index < -0.39 is 12.6 Å². The highest BCUT2D eigenvalue weighted by Gasteiger charge is 2.26. The van der Waals surface area contributed by atoms with E-state index in [1.54, 1.807) is 29.2 Å². The van der Waals surface area contributed by atoms with Gasteiger partial charge in [-0.25, -0.2) is 4.79 Å². The lowest BCUT2D eigenvalue weighted by molar-refractivity contribution is -0.146. The molecule has 1 aromatic carbocycles. The number of nitrogens with zero attached hydrogens (tertiary/aromatic N) is 1. The average molecular weight is 345 g/mol. The highest BCUT2D eigenvalue weighted by Crippen LogP contribution is 2.13. The monoisotopic (exact) mass is 345 g/mol. The summed E-state index contributed by atoms with van der Waals surface area (Å²) in [5, 5.41) is 0.381. The Hall–Kier alpha value is -2.67. The molecule has 7 heteroatoms. The standard InChI is InChI=1S/C18H19NO6/c1-11-8-19(9-12(2)24-11)17(21)10-23-18(22)16-7-14(20)13-5-3-4-6-15(13)25-16/h3-7,11-12H,8-10H2,1-2H3/t11-,12-/m1/s1. The Labute approximate surface area is 144 Å². The van der Waals surface area contributed by atoms with E-state index in [1.165, 1.54) is 0 Å². The van der Waals surface area contributed by atoms with Crippen molar-refractivity contribution in [2.45, 2.75) is 26.1 Å². The van der Waals surface area contributed by atoms with Crippen LogP contribution in [0.1, 0.15) is 24.4 Å². The maximum absolute atomic E-state index is 12.2. The summed E-state index contributed by atoms with van der Waals surface area (Å²) in [6, 6.07) is 7.69. The van der Waals surface area contributed by atoms with Crippen molar-refractivity contribution in [1.82, 2.24) is 4.90 Å². The number of hydrogen-bond acceptors (Lipinski definition) is 6. The number of carbonyl (C=O) groups excluding carboxylic acids is 2. The predicted molar refractivity (Wildman–Crippen MR) is 89.4 cm³/mol. The molecule has 0 N–H and O–H groups in total. The molecule has 2 atom stereocenters. The van der Waals surface area contributed by atoms with Crippen molar-refractivity contribution in [3.63, 3.8) is 0 Å². The van der Waals surface area contributed by atoms with Gasteiger partial charge in [0, 0.05) is 19.2 Å². The van der Waals surface area contributed by atoms with Gasteiger partial charge >= 0.3 is 5.97 Å². The molecule has 1 amide bonds. The summed E-state index contributed by atoms with van der Waals surface area (Å²) in [4.78, 5) is 37.9. The molecule has 0 unspecified atom stereocenters. The average Bonchev–Trinajstić information content (AvgIpc) is 2.58. The van der Waals surface area contributed by atoms with E-state index in [2.05, 4.69) is 0 Å². The van der Waals surface area contributed by atoms with Gasteiger partial charge < -0.3 is 18.8 Å². The van der Waals surface area contributed by atoms with Crippen LogP contribution in [0.25, 0.3) is 11.0 Å². The minimum atomic E-state index is -0.842. The van der Waals surface area contributed by atoms with Crippen LogP contribution in [-0.4, -0.2) is 48.7 Å². The van der Waals surface area contributed by atoms with Crippen LogP contribution in [0.15, 0.2) is 39.5 Å². The van der Waals surface area contributed by atoms with Crippen molar-refractivity contribution < 1.29 is 23.5 Å². The van der Waals surface area contributed by atoms with E-state index in [4.69, 9.17) is 13.9 Å². The number of carbonyl (C=O) groups is 2. The van der Waals surface area contributed by atoms with Gasteiger partial charge in [0.15, 0.2) is 12.0 Å². The van der Waals surface area contributed by atoms with Crippen LogP contribution in [0.4, 0.5) is 0 Å². The number of benzene rings is 1. The van der Waals surface area contributed by atoms with Gasteiger partial charge in [-0.15, -0.1) is 0 Å². The van der Waals surface area contributed by atoms with Gasteiger partial charge in [0.2, 0.25) is 5.76 Å². The molecule has 0 aliphatic carbocycles. The van der Waals surface area contributed by atoms with Crippen molar-refractivity contribution in [2.75, 3.05) is 19.7 Å². The SMILES string of the molecule is C[C@@H]1CN(C(=O)COC(=O)c2cc(=O)c3ccccc3o2)C[C@@H](C)O1. The summed E-state index contributed by atoms with van der Waals surface area (Å²) in [6.07, 6.45) is -0.135.